The SMILES string of the molecule is CCOC(=O)Cn1nc(-c2ccc[n+](O)c2)c(Cl)c1C.Cc1c(Cl)c(-c2ccc[n+]([O-])c2)nn1CC(=O)[O-].[Na+]. The van der Waals surface area contributed by atoms with Crippen molar-refractivity contribution in [2.75, 3.05) is 6.61 Å². The van der Waals surface area contributed by atoms with Gasteiger partial charge in [0.1, 0.15) is 17.9 Å². The van der Waals surface area contributed by atoms with E-state index in [1.165, 1.54) is 34.2 Å². The van der Waals surface area contributed by atoms with Crippen LogP contribution in [-0.4, -0.2) is 43.3 Å². The largest absolute Gasteiger partial charge is 1.00 e. The zero-order valence-corrected chi connectivity index (χ0v) is 25.2. The van der Waals surface area contributed by atoms with Gasteiger partial charge in [-0.1, -0.05) is 23.2 Å². The predicted octanol–water partition coefficient (Wildman–Crippen LogP) is -1.50. The van der Waals surface area contributed by atoms with Gasteiger partial charge < -0.3 is 19.8 Å². The Kier molecular flexibility index (Phi) is 11.7. The Hall–Kier alpha value is -3.16. The van der Waals surface area contributed by atoms with Crippen molar-refractivity contribution >= 4 is 35.1 Å². The fraction of sp³-hybridized carbons (Fsp3) is 0.250. The zero-order chi connectivity index (χ0) is 28.0. The van der Waals surface area contributed by atoms with Crippen LogP contribution in [0.15, 0.2) is 49.1 Å². The minimum Gasteiger partial charge on any atom is -0.619 e. The van der Waals surface area contributed by atoms with Crippen LogP contribution < -0.4 is 44.1 Å². The van der Waals surface area contributed by atoms with Crippen molar-refractivity contribution in [1.29, 1.82) is 0 Å². The molecule has 0 aliphatic rings. The van der Waals surface area contributed by atoms with Crippen LogP contribution in [0.1, 0.15) is 18.3 Å². The van der Waals surface area contributed by atoms with Gasteiger partial charge in [-0.05, 0) is 32.9 Å². The minimum absolute atomic E-state index is 0. The smallest absolute Gasteiger partial charge is 0.619 e. The van der Waals surface area contributed by atoms with Crippen LogP contribution in [0.3, 0.4) is 0 Å². The number of carboxylic acid groups (broad SMARTS) is 1. The molecule has 0 atom stereocenters. The Labute approximate surface area is 255 Å². The first-order valence-corrected chi connectivity index (χ1v) is 12.0. The summed E-state index contributed by atoms with van der Waals surface area (Å²) in [4.78, 5) is 22.1. The van der Waals surface area contributed by atoms with Crippen molar-refractivity contribution in [2.45, 2.75) is 33.9 Å². The van der Waals surface area contributed by atoms with Crippen LogP contribution in [0, 0.1) is 19.1 Å². The first-order chi connectivity index (χ1) is 18.0. The van der Waals surface area contributed by atoms with Crippen LogP contribution in [-0.2, 0) is 27.4 Å². The van der Waals surface area contributed by atoms with E-state index in [9.17, 15) is 25.1 Å². The van der Waals surface area contributed by atoms with E-state index in [-0.39, 0.29) is 48.6 Å². The molecule has 0 bridgehead atoms. The molecule has 4 aromatic heterocycles. The summed E-state index contributed by atoms with van der Waals surface area (Å²) >= 11 is 12.3. The van der Waals surface area contributed by atoms with E-state index in [0.717, 1.165) is 4.73 Å². The molecule has 4 aromatic rings. The molecule has 0 aromatic carbocycles. The van der Waals surface area contributed by atoms with E-state index in [1.54, 1.807) is 45.0 Å². The molecule has 0 spiro atoms. The number of ether oxygens (including phenoxy) is 1. The Morgan fingerprint density at radius 1 is 0.974 bits per heavy atom. The third-order valence-electron chi connectivity index (χ3n) is 5.24. The predicted molar refractivity (Wildman–Crippen MR) is 133 cm³/mol. The maximum absolute atomic E-state index is 11.5. The third kappa shape index (κ3) is 8.16. The van der Waals surface area contributed by atoms with Gasteiger partial charge in [0.05, 0.1) is 51.7 Å². The molecular formula is C24H24Cl2N6NaO6+. The molecule has 0 amide bonds. The second kappa shape index (κ2) is 14.3. The van der Waals surface area contributed by atoms with Gasteiger partial charge in [0.25, 0.3) is 0 Å². The number of hydrogen-bond donors (Lipinski definition) is 1. The second-order valence-electron chi connectivity index (χ2n) is 7.91. The molecule has 0 aliphatic heterocycles. The summed E-state index contributed by atoms with van der Waals surface area (Å²) in [5.41, 5.74) is 3.25. The summed E-state index contributed by atoms with van der Waals surface area (Å²) in [5.74, 6) is -1.62. The quantitative estimate of drug-likeness (QED) is 0.0903. The van der Waals surface area contributed by atoms with Crippen LogP contribution in [0.5, 0.6) is 0 Å². The number of carbonyl (C=O) groups is 2. The third-order valence-corrected chi connectivity index (χ3v) is 6.14. The van der Waals surface area contributed by atoms with Gasteiger partial charge in [-0.3, -0.25) is 19.4 Å². The van der Waals surface area contributed by atoms with E-state index in [2.05, 4.69) is 10.2 Å². The van der Waals surface area contributed by atoms with Gasteiger partial charge in [0, 0.05) is 16.9 Å². The number of pyridine rings is 2. The molecule has 1 N–H and O–H groups in total. The zero-order valence-electron chi connectivity index (χ0n) is 21.7. The molecule has 0 radical (unpaired) electrons. The number of rotatable bonds is 7. The van der Waals surface area contributed by atoms with E-state index in [4.69, 9.17) is 27.9 Å². The summed E-state index contributed by atoms with van der Waals surface area (Å²) in [5, 5.41) is 40.3. The summed E-state index contributed by atoms with van der Waals surface area (Å²) < 4.78 is 9.16. The number of aliphatic carboxylic acids is 1. The molecule has 0 saturated heterocycles. The Balaban J connectivity index is 0.000000268. The first-order valence-electron chi connectivity index (χ1n) is 11.2. The molecule has 12 nitrogen and oxygen atoms in total. The van der Waals surface area contributed by atoms with Crippen LogP contribution >= 0.6 is 23.2 Å². The van der Waals surface area contributed by atoms with Gasteiger partial charge in [-0.2, -0.15) is 14.9 Å². The monoisotopic (exact) mass is 585 g/mol. The topological polar surface area (TPSA) is 153 Å². The molecule has 4 rings (SSSR count). The Morgan fingerprint density at radius 2 is 1.49 bits per heavy atom. The fourth-order valence-electron chi connectivity index (χ4n) is 3.37. The molecule has 0 saturated carbocycles. The van der Waals surface area contributed by atoms with Gasteiger partial charge in [0.15, 0.2) is 12.4 Å². The number of carbonyl (C=O) groups excluding carboxylic acids is 2. The number of hydrogen-bond acceptors (Lipinski definition) is 8. The van der Waals surface area contributed by atoms with Gasteiger partial charge >= 0.3 is 35.5 Å². The van der Waals surface area contributed by atoms with Crippen molar-refractivity contribution in [3.63, 3.8) is 0 Å². The molecule has 0 fully saturated rings. The van der Waals surface area contributed by atoms with Gasteiger partial charge in [-0.15, -0.1) is 0 Å². The number of aromatic nitrogens is 6. The number of carboxylic acids is 1. The number of nitrogens with zero attached hydrogens (tertiary/aromatic N) is 6. The summed E-state index contributed by atoms with van der Waals surface area (Å²) in [6.45, 7) is 5.12. The van der Waals surface area contributed by atoms with Crippen LogP contribution in [0.25, 0.3) is 22.5 Å². The van der Waals surface area contributed by atoms with Crippen LogP contribution in [0.2, 0.25) is 10.0 Å². The van der Waals surface area contributed by atoms with E-state index >= 15 is 0 Å². The van der Waals surface area contributed by atoms with Crippen molar-refractivity contribution in [1.82, 2.24) is 19.6 Å². The normalized spacial score (nSPS) is 10.3. The van der Waals surface area contributed by atoms with Crippen molar-refractivity contribution < 1.29 is 63.7 Å². The van der Waals surface area contributed by atoms with E-state index in [1.807, 2.05) is 0 Å². The molecule has 4 heterocycles. The standard InChI is InChI=1S/C13H15ClN3O3.C11H10ClN3O3.Na/c1-3-20-11(18)8-17-9(2)12(14)13(15-17)10-5-4-6-16(19)7-10;1-7-10(12)11(13-15(7)6-9(16)17)8-3-2-4-14(18)5-8;/h4-7,19H,3,8H2,1-2H3;2-5H,6H2,1H3,(H,16,17);/q+1;;+1/p-1. The molecule has 200 valence electrons. The van der Waals surface area contributed by atoms with Crippen molar-refractivity contribution in [2.24, 2.45) is 0 Å². The average molecular weight is 586 g/mol. The van der Waals surface area contributed by atoms with Crippen molar-refractivity contribution in [3.05, 3.63) is 75.7 Å². The van der Waals surface area contributed by atoms with Crippen LogP contribution in [0.4, 0.5) is 0 Å². The Bertz CT molecular complexity index is 1480. The number of esters is 1. The molecule has 39 heavy (non-hydrogen) atoms. The summed E-state index contributed by atoms with van der Waals surface area (Å²) in [7, 11) is 0. The first kappa shape index (κ1) is 32.1. The molecular weight excluding hydrogens is 562 g/mol. The maximum Gasteiger partial charge on any atom is 1.00 e. The minimum atomic E-state index is -1.25. The second-order valence-corrected chi connectivity index (χ2v) is 8.67. The Morgan fingerprint density at radius 3 is 1.97 bits per heavy atom. The molecule has 15 heteroatoms. The summed E-state index contributed by atoms with van der Waals surface area (Å²) in [6, 6.07) is 6.68. The number of halogens is 2. The summed E-state index contributed by atoms with van der Waals surface area (Å²) in [6.07, 6.45) is 5.63. The maximum atomic E-state index is 11.5. The van der Waals surface area contributed by atoms with Gasteiger partial charge in [0.2, 0.25) is 12.4 Å². The average Bonchev–Trinajstić information content (AvgIpc) is 3.30. The van der Waals surface area contributed by atoms with Gasteiger partial charge in [-0.25, -0.2) is 0 Å². The molecule has 0 unspecified atom stereocenters. The van der Waals surface area contributed by atoms with E-state index in [0.29, 0.717) is 55.3 Å². The van der Waals surface area contributed by atoms with E-state index < -0.39 is 5.97 Å². The van der Waals surface area contributed by atoms with Crippen molar-refractivity contribution in [3.8, 4) is 22.5 Å². The molecule has 0 aliphatic carbocycles. The fourth-order valence-corrected chi connectivity index (χ4v) is 3.86.